The highest BCUT2D eigenvalue weighted by molar-refractivity contribution is 5.19. The minimum atomic E-state index is -0.409. The molecule has 0 fully saturated rings. The third-order valence-electron chi connectivity index (χ3n) is 1.50. The first-order valence-corrected chi connectivity index (χ1v) is 3.31. The molecule has 1 atom stereocenters. The molecule has 1 aromatic heterocycles. The number of hydrogen-bond acceptors (Lipinski definition) is 2. The second-order valence-electron chi connectivity index (χ2n) is 2.35. The largest absolute Gasteiger partial charge is 0.389 e. The van der Waals surface area contributed by atoms with Crippen LogP contribution in [-0.2, 0) is 0 Å². The first-order chi connectivity index (χ1) is 4.72. The molecular formula is C8H11NO. The highest BCUT2D eigenvalue weighted by Crippen LogP contribution is 2.13. The topological polar surface area (TPSA) is 33.1 Å². The van der Waals surface area contributed by atoms with Gasteiger partial charge in [0.1, 0.15) is 0 Å². The monoisotopic (exact) mass is 137 g/mol. The number of aliphatic hydroxyl groups excluding tert-OH is 1. The molecule has 0 amide bonds. The molecule has 0 radical (unpaired) electrons. The summed E-state index contributed by atoms with van der Waals surface area (Å²) >= 11 is 0. The number of aliphatic hydroxyl groups is 1. The summed E-state index contributed by atoms with van der Waals surface area (Å²) in [5.74, 6) is 0. The molecular weight excluding hydrogens is 126 g/mol. The highest BCUT2D eigenvalue weighted by Gasteiger charge is 2.02. The van der Waals surface area contributed by atoms with Crippen molar-refractivity contribution in [1.82, 2.24) is 4.98 Å². The maximum Gasteiger partial charge on any atom is 0.0779 e. The van der Waals surface area contributed by atoms with Crippen LogP contribution in [0.1, 0.15) is 24.3 Å². The summed E-state index contributed by atoms with van der Waals surface area (Å²) in [6.07, 6.45) is 1.31. The summed E-state index contributed by atoms with van der Waals surface area (Å²) in [6.45, 7) is 3.63. The molecule has 0 saturated heterocycles. The van der Waals surface area contributed by atoms with Crippen LogP contribution in [0.2, 0.25) is 0 Å². The Kier molecular flexibility index (Phi) is 2.02. The van der Waals surface area contributed by atoms with E-state index in [1.165, 1.54) is 0 Å². The number of hydrogen-bond donors (Lipinski definition) is 1. The minimum Gasteiger partial charge on any atom is -0.389 e. The first-order valence-electron chi connectivity index (χ1n) is 3.31. The van der Waals surface area contributed by atoms with Crippen LogP contribution in [0.15, 0.2) is 18.3 Å². The maximum atomic E-state index is 9.16. The Bertz CT molecular complexity index is 220. The van der Waals surface area contributed by atoms with Crippen molar-refractivity contribution in [3.05, 3.63) is 29.6 Å². The number of aryl methyl sites for hydroxylation is 1. The molecule has 0 spiro atoms. The van der Waals surface area contributed by atoms with Crippen LogP contribution in [0.4, 0.5) is 0 Å². The number of pyridine rings is 1. The van der Waals surface area contributed by atoms with Gasteiger partial charge in [0.15, 0.2) is 0 Å². The number of rotatable bonds is 1. The Morgan fingerprint density at radius 3 is 2.70 bits per heavy atom. The molecule has 10 heavy (non-hydrogen) atoms. The van der Waals surface area contributed by atoms with Crippen LogP contribution < -0.4 is 0 Å². The standard InChI is InChI=1S/C8H11NO/c1-6-8(7(2)10)4-3-5-9-6/h3-5,7,10H,1-2H3/t7-/m1/s1. The van der Waals surface area contributed by atoms with E-state index in [1.807, 2.05) is 19.1 Å². The van der Waals surface area contributed by atoms with Crippen molar-refractivity contribution < 1.29 is 5.11 Å². The second kappa shape index (κ2) is 2.80. The van der Waals surface area contributed by atoms with Crippen molar-refractivity contribution in [1.29, 1.82) is 0 Å². The molecule has 1 heterocycles. The van der Waals surface area contributed by atoms with E-state index in [9.17, 15) is 0 Å². The Balaban J connectivity index is 3.03. The van der Waals surface area contributed by atoms with E-state index in [-0.39, 0.29) is 0 Å². The molecule has 0 saturated carbocycles. The van der Waals surface area contributed by atoms with E-state index in [1.54, 1.807) is 13.1 Å². The molecule has 2 heteroatoms. The van der Waals surface area contributed by atoms with E-state index in [4.69, 9.17) is 5.11 Å². The van der Waals surface area contributed by atoms with Crippen molar-refractivity contribution in [3.8, 4) is 0 Å². The van der Waals surface area contributed by atoms with Crippen molar-refractivity contribution in [2.24, 2.45) is 0 Å². The molecule has 1 aromatic rings. The zero-order valence-corrected chi connectivity index (χ0v) is 6.20. The Labute approximate surface area is 60.5 Å². The van der Waals surface area contributed by atoms with Gasteiger partial charge in [-0.25, -0.2) is 0 Å². The summed E-state index contributed by atoms with van der Waals surface area (Å²) in [4.78, 5) is 4.04. The van der Waals surface area contributed by atoms with Gasteiger partial charge in [0.2, 0.25) is 0 Å². The van der Waals surface area contributed by atoms with Gasteiger partial charge >= 0.3 is 0 Å². The van der Waals surface area contributed by atoms with Gasteiger partial charge < -0.3 is 5.11 Å². The van der Waals surface area contributed by atoms with Gasteiger partial charge in [-0.1, -0.05) is 6.07 Å². The average molecular weight is 137 g/mol. The third kappa shape index (κ3) is 1.33. The van der Waals surface area contributed by atoms with Crippen molar-refractivity contribution in [2.45, 2.75) is 20.0 Å². The van der Waals surface area contributed by atoms with E-state index in [0.29, 0.717) is 0 Å². The highest BCUT2D eigenvalue weighted by atomic mass is 16.3. The first kappa shape index (κ1) is 7.22. The molecule has 0 aliphatic carbocycles. The lowest BCUT2D eigenvalue weighted by Gasteiger charge is -2.05. The molecule has 0 aliphatic rings. The molecule has 2 nitrogen and oxygen atoms in total. The fourth-order valence-electron chi connectivity index (χ4n) is 0.938. The maximum absolute atomic E-state index is 9.16. The second-order valence-corrected chi connectivity index (χ2v) is 2.35. The van der Waals surface area contributed by atoms with E-state index in [2.05, 4.69) is 4.98 Å². The normalized spacial score (nSPS) is 13.1. The van der Waals surface area contributed by atoms with Gasteiger partial charge in [0.05, 0.1) is 6.10 Å². The summed E-state index contributed by atoms with van der Waals surface area (Å²) < 4.78 is 0. The summed E-state index contributed by atoms with van der Waals surface area (Å²) in [6, 6.07) is 3.71. The molecule has 54 valence electrons. The van der Waals surface area contributed by atoms with Crippen LogP contribution in [0, 0.1) is 6.92 Å². The number of nitrogens with zero attached hydrogens (tertiary/aromatic N) is 1. The molecule has 0 aliphatic heterocycles. The van der Waals surface area contributed by atoms with Crippen LogP contribution in [0.3, 0.4) is 0 Å². The van der Waals surface area contributed by atoms with Crippen LogP contribution >= 0.6 is 0 Å². The Hall–Kier alpha value is -0.890. The minimum absolute atomic E-state index is 0.409. The predicted molar refractivity (Wildman–Crippen MR) is 39.6 cm³/mol. The molecule has 0 aromatic carbocycles. The fraction of sp³-hybridized carbons (Fsp3) is 0.375. The molecule has 1 N–H and O–H groups in total. The van der Waals surface area contributed by atoms with E-state index >= 15 is 0 Å². The molecule has 0 bridgehead atoms. The number of aromatic nitrogens is 1. The average Bonchev–Trinajstić information content (AvgIpc) is 1.88. The molecule has 0 unspecified atom stereocenters. The van der Waals surface area contributed by atoms with Gasteiger partial charge in [-0.3, -0.25) is 4.98 Å². The summed E-state index contributed by atoms with van der Waals surface area (Å²) in [5, 5.41) is 9.16. The van der Waals surface area contributed by atoms with Gasteiger partial charge in [0, 0.05) is 17.5 Å². The summed E-state index contributed by atoms with van der Waals surface area (Å²) in [5.41, 5.74) is 1.81. The van der Waals surface area contributed by atoms with E-state index in [0.717, 1.165) is 11.3 Å². The van der Waals surface area contributed by atoms with Gasteiger partial charge in [0.25, 0.3) is 0 Å². The van der Waals surface area contributed by atoms with Crippen LogP contribution in [0.5, 0.6) is 0 Å². The predicted octanol–water partition coefficient (Wildman–Crippen LogP) is 1.44. The van der Waals surface area contributed by atoms with Crippen LogP contribution in [0.25, 0.3) is 0 Å². The smallest absolute Gasteiger partial charge is 0.0779 e. The third-order valence-corrected chi connectivity index (χ3v) is 1.50. The quantitative estimate of drug-likeness (QED) is 0.635. The van der Waals surface area contributed by atoms with Gasteiger partial charge in [-0.05, 0) is 19.9 Å². The fourth-order valence-corrected chi connectivity index (χ4v) is 0.938. The Morgan fingerprint density at radius 1 is 1.60 bits per heavy atom. The Morgan fingerprint density at radius 2 is 2.30 bits per heavy atom. The van der Waals surface area contributed by atoms with Crippen molar-refractivity contribution in [3.63, 3.8) is 0 Å². The van der Waals surface area contributed by atoms with Crippen molar-refractivity contribution in [2.75, 3.05) is 0 Å². The van der Waals surface area contributed by atoms with Crippen LogP contribution in [-0.4, -0.2) is 10.1 Å². The summed E-state index contributed by atoms with van der Waals surface area (Å²) in [7, 11) is 0. The van der Waals surface area contributed by atoms with Gasteiger partial charge in [-0.15, -0.1) is 0 Å². The van der Waals surface area contributed by atoms with Crippen molar-refractivity contribution >= 4 is 0 Å². The lowest BCUT2D eigenvalue weighted by molar-refractivity contribution is 0.198. The molecule has 1 rings (SSSR count). The zero-order chi connectivity index (χ0) is 7.56. The lowest BCUT2D eigenvalue weighted by atomic mass is 10.1. The van der Waals surface area contributed by atoms with E-state index < -0.39 is 6.10 Å². The zero-order valence-electron chi connectivity index (χ0n) is 6.20. The van der Waals surface area contributed by atoms with Gasteiger partial charge in [-0.2, -0.15) is 0 Å². The SMILES string of the molecule is Cc1ncccc1[C@@H](C)O. The lowest BCUT2D eigenvalue weighted by Crippen LogP contribution is -1.95.